The van der Waals surface area contributed by atoms with Crippen LogP contribution in [0.15, 0.2) is 47.6 Å². The van der Waals surface area contributed by atoms with Crippen molar-refractivity contribution in [1.82, 2.24) is 5.43 Å². The van der Waals surface area contributed by atoms with E-state index in [1.807, 2.05) is 0 Å². The fraction of sp³-hybridized carbons (Fsp3) is 0.176. The predicted molar refractivity (Wildman–Crippen MR) is 93.2 cm³/mol. The second-order valence-electron chi connectivity index (χ2n) is 5.60. The zero-order valence-electron chi connectivity index (χ0n) is 13.7. The highest BCUT2D eigenvalue weighted by atomic mass is 32.1. The zero-order valence-corrected chi connectivity index (χ0v) is 14.6. The molecule has 0 spiro atoms. The predicted octanol–water partition coefficient (Wildman–Crippen LogP) is 4.62. The molecule has 0 fully saturated rings. The van der Waals surface area contributed by atoms with Crippen molar-refractivity contribution >= 4 is 23.0 Å². The summed E-state index contributed by atoms with van der Waals surface area (Å²) in [5, 5.41) is 3.52. The number of thiocarbonyl (C=S) groups is 1. The van der Waals surface area contributed by atoms with Crippen LogP contribution in [0.25, 0.3) is 0 Å². The Kier molecular flexibility index (Phi) is 5.79. The lowest BCUT2D eigenvalue weighted by molar-refractivity contribution is -0.143. The second-order valence-corrected chi connectivity index (χ2v) is 6.04. The molecule has 0 amide bonds. The van der Waals surface area contributed by atoms with Crippen LogP contribution in [-0.4, -0.2) is 10.8 Å². The highest BCUT2D eigenvalue weighted by Crippen LogP contribution is 2.36. The maximum Gasteiger partial charge on any atom is 0.416 e. The Labute approximate surface area is 155 Å². The molecule has 27 heavy (non-hydrogen) atoms. The lowest BCUT2D eigenvalue weighted by Gasteiger charge is -2.16. The lowest BCUT2D eigenvalue weighted by Crippen LogP contribution is -2.26. The molecule has 0 aliphatic rings. The molecule has 0 radical (unpaired) electrons. The number of hydrogen-bond acceptors (Lipinski definition) is 2. The van der Waals surface area contributed by atoms with Crippen LogP contribution < -0.4 is 11.2 Å². The molecule has 0 saturated carbocycles. The first kappa shape index (κ1) is 20.7. The molecular formula is C17H13F6N3S. The summed E-state index contributed by atoms with van der Waals surface area (Å²) >= 11 is 4.60. The molecule has 0 saturated heterocycles. The van der Waals surface area contributed by atoms with E-state index >= 15 is 0 Å². The molecule has 2 rings (SSSR count). The Hall–Kier alpha value is -2.62. The van der Waals surface area contributed by atoms with E-state index in [0.29, 0.717) is 12.1 Å². The van der Waals surface area contributed by atoms with Gasteiger partial charge in [0.15, 0.2) is 5.11 Å². The maximum absolute atomic E-state index is 13.1. The number of aryl methyl sites for hydroxylation is 1. The summed E-state index contributed by atoms with van der Waals surface area (Å²) in [7, 11) is 0. The molecule has 0 bridgehead atoms. The van der Waals surface area contributed by atoms with Crippen molar-refractivity contribution in [2.24, 2.45) is 10.8 Å². The molecule has 2 aromatic rings. The molecule has 2 aromatic carbocycles. The fourth-order valence-electron chi connectivity index (χ4n) is 2.21. The van der Waals surface area contributed by atoms with Crippen molar-refractivity contribution in [3.8, 4) is 0 Å². The minimum absolute atomic E-state index is 0.0528. The largest absolute Gasteiger partial charge is 0.416 e. The van der Waals surface area contributed by atoms with Crippen LogP contribution >= 0.6 is 12.2 Å². The van der Waals surface area contributed by atoms with E-state index in [2.05, 4.69) is 22.7 Å². The van der Waals surface area contributed by atoms with Gasteiger partial charge in [-0.2, -0.15) is 31.4 Å². The number of hydrazone groups is 1. The highest BCUT2D eigenvalue weighted by molar-refractivity contribution is 7.80. The van der Waals surface area contributed by atoms with E-state index in [0.717, 1.165) is 5.56 Å². The highest BCUT2D eigenvalue weighted by Gasteiger charge is 2.37. The van der Waals surface area contributed by atoms with E-state index in [4.69, 9.17) is 5.73 Å². The second kappa shape index (κ2) is 7.55. The van der Waals surface area contributed by atoms with Gasteiger partial charge < -0.3 is 5.73 Å². The Balaban J connectivity index is 2.72. The third-order valence-corrected chi connectivity index (χ3v) is 3.56. The Morgan fingerprint density at radius 2 is 1.37 bits per heavy atom. The summed E-state index contributed by atoms with van der Waals surface area (Å²) in [6.45, 7) is 1.78. The summed E-state index contributed by atoms with van der Waals surface area (Å²) in [5.74, 6) is 0. The molecule has 0 atom stereocenters. The molecule has 10 heteroatoms. The number of halogens is 6. The van der Waals surface area contributed by atoms with Gasteiger partial charge in [-0.1, -0.05) is 29.8 Å². The topological polar surface area (TPSA) is 50.4 Å². The fourth-order valence-corrected chi connectivity index (χ4v) is 2.26. The molecule has 0 unspecified atom stereocenters. The molecule has 0 heterocycles. The van der Waals surface area contributed by atoms with Crippen LogP contribution in [0.5, 0.6) is 0 Å². The first-order chi connectivity index (χ1) is 12.4. The maximum atomic E-state index is 13.1. The summed E-state index contributed by atoms with van der Waals surface area (Å²) < 4.78 is 78.6. The molecule has 3 nitrogen and oxygen atoms in total. The van der Waals surface area contributed by atoms with Gasteiger partial charge in [0.05, 0.1) is 16.8 Å². The number of nitrogens with one attached hydrogen (secondary N) is 1. The van der Waals surface area contributed by atoms with E-state index < -0.39 is 23.5 Å². The van der Waals surface area contributed by atoms with Gasteiger partial charge in [-0.05, 0) is 37.3 Å². The van der Waals surface area contributed by atoms with Gasteiger partial charge in [0.1, 0.15) is 0 Å². The Morgan fingerprint density at radius 1 is 0.889 bits per heavy atom. The summed E-state index contributed by atoms with van der Waals surface area (Å²) in [5.41, 5.74) is 5.18. The Bertz CT molecular complexity index is 837. The van der Waals surface area contributed by atoms with Crippen LogP contribution in [0.4, 0.5) is 26.3 Å². The standard InChI is InChI=1S/C17H13F6N3S/c1-9-2-4-10(5-3-9)14(25-26-15(24)27)11-6-12(16(18,19)20)8-13(7-11)17(21,22)23/h2-8H,1H3,(H3,24,26,27)/b25-14+. The number of rotatable bonds is 3. The van der Waals surface area contributed by atoms with Gasteiger partial charge in [0, 0.05) is 11.1 Å². The zero-order chi connectivity index (χ0) is 20.4. The molecular weight excluding hydrogens is 392 g/mol. The number of nitrogens with two attached hydrogens (primary N) is 1. The molecule has 144 valence electrons. The van der Waals surface area contributed by atoms with Crippen LogP contribution in [0, 0.1) is 6.92 Å². The van der Waals surface area contributed by atoms with Crippen molar-refractivity contribution in [1.29, 1.82) is 0 Å². The van der Waals surface area contributed by atoms with Crippen LogP contribution in [0.2, 0.25) is 0 Å². The van der Waals surface area contributed by atoms with Gasteiger partial charge in [-0.3, -0.25) is 5.43 Å². The monoisotopic (exact) mass is 405 g/mol. The van der Waals surface area contributed by atoms with Crippen molar-refractivity contribution in [2.75, 3.05) is 0 Å². The SMILES string of the molecule is Cc1ccc(/C(=N\NC(N)=S)c2cc(C(F)(F)F)cc(C(F)(F)F)c2)cc1. The first-order valence-electron chi connectivity index (χ1n) is 7.38. The first-order valence-corrected chi connectivity index (χ1v) is 7.79. The van der Waals surface area contributed by atoms with Gasteiger partial charge in [0.2, 0.25) is 0 Å². The summed E-state index contributed by atoms with van der Waals surface area (Å²) in [6.07, 6.45) is -9.93. The normalized spacial score (nSPS) is 12.8. The van der Waals surface area contributed by atoms with Crippen molar-refractivity contribution in [3.05, 3.63) is 70.3 Å². The van der Waals surface area contributed by atoms with Crippen LogP contribution in [0.1, 0.15) is 27.8 Å². The van der Waals surface area contributed by atoms with Gasteiger partial charge in [0.25, 0.3) is 0 Å². The third kappa shape index (κ3) is 5.43. The van der Waals surface area contributed by atoms with Gasteiger partial charge in [-0.25, -0.2) is 0 Å². The summed E-state index contributed by atoms with van der Waals surface area (Å²) in [4.78, 5) is 0. The third-order valence-electron chi connectivity index (χ3n) is 3.46. The molecule has 0 aromatic heterocycles. The minimum atomic E-state index is -4.97. The number of hydrogen-bond donors (Lipinski definition) is 2. The average molecular weight is 405 g/mol. The smallest absolute Gasteiger partial charge is 0.375 e. The van der Waals surface area contributed by atoms with E-state index in [1.165, 1.54) is 12.1 Å². The average Bonchev–Trinajstić information content (AvgIpc) is 2.54. The quantitative estimate of drug-likeness (QED) is 0.339. The van der Waals surface area contributed by atoms with E-state index in [9.17, 15) is 26.3 Å². The molecule has 3 N–H and O–H groups in total. The van der Waals surface area contributed by atoms with Gasteiger partial charge in [-0.15, -0.1) is 0 Å². The van der Waals surface area contributed by atoms with E-state index in [1.54, 1.807) is 19.1 Å². The van der Waals surface area contributed by atoms with Crippen molar-refractivity contribution in [3.63, 3.8) is 0 Å². The van der Waals surface area contributed by atoms with E-state index in [-0.39, 0.29) is 28.0 Å². The molecule has 0 aliphatic carbocycles. The van der Waals surface area contributed by atoms with Gasteiger partial charge >= 0.3 is 12.4 Å². The molecule has 0 aliphatic heterocycles. The number of benzene rings is 2. The minimum Gasteiger partial charge on any atom is -0.375 e. The van der Waals surface area contributed by atoms with Crippen LogP contribution in [0.3, 0.4) is 0 Å². The summed E-state index contributed by atoms with van der Waals surface area (Å²) in [6, 6.07) is 7.56. The van der Waals surface area contributed by atoms with Crippen molar-refractivity contribution < 1.29 is 26.3 Å². The number of alkyl halides is 6. The van der Waals surface area contributed by atoms with Crippen molar-refractivity contribution in [2.45, 2.75) is 19.3 Å². The lowest BCUT2D eigenvalue weighted by atomic mass is 9.97. The van der Waals surface area contributed by atoms with Crippen LogP contribution in [-0.2, 0) is 12.4 Å². The number of nitrogens with zero attached hydrogens (tertiary/aromatic N) is 1. The Morgan fingerprint density at radius 3 is 1.78 bits per heavy atom.